The molecule has 1 aromatic carbocycles. The Balaban J connectivity index is 2.76. The number of rotatable bonds is 5. The summed E-state index contributed by atoms with van der Waals surface area (Å²) in [5.74, 6) is -0.577. The van der Waals surface area contributed by atoms with Crippen LogP contribution in [0, 0.1) is 5.92 Å². The third-order valence-corrected chi connectivity index (χ3v) is 4.13. The van der Waals surface area contributed by atoms with Gasteiger partial charge in [0.2, 0.25) is 0 Å². The molecule has 0 heterocycles. The number of esters is 1. The first-order valence-corrected chi connectivity index (χ1v) is 7.79. The van der Waals surface area contributed by atoms with Crippen LogP contribution in [0.1, 0.15) is 13.8 Å². The SMILES string of the molecule is COC(=O)C(C)C(C)Nc1ccc(S(C)(=O)=O)cc1. The maximum Gasteiger partial charge on any atom is 0.310 e. The van der Waals surface area contributed by atoms with Crippen molar-refractivity contribution in [2.75, 3.05) is 18.7 Å². The number of carbonyl (C=O) groups is 1. The zero-order valence-electron chi connectivity index (χ0n) is 11.5. The number of nitrogens with one attached hydrogen (secondary N) is 1. The molecule has 0 spiro atoms. The highest BCUT2D eigenvalue weighted by molar-refractivity contribution is 7.90. The lowest BCUT2D eigenvalue weighted by Gasteiger charge is -2.20. The second-order valence-electron chi connectivity index (χ2n) is 4.54. The Bertz CT molecular complexity index is 536. The lowest BCUT2D eigenvalue weighted by atomic mass is 10.0. The maximum absolute atomic E-state index is 11.4. The highest BCUT2D eigenvalue weighted by Gasteiger charge is 2.20. The molecule has 6 heteroatoms. The standard InChI is InChI=1S/C13H19NO4S/c1-9(13(15)18-3)10(2)14-11-5-7-12(8-6-11)19(4,16)17/h5-10,14H,1-4H3. The monoisotopic (exact) mass is 285 g/mol. The van der Waals surface area contributed by atoms with Gasteiger partial charge in [-0.15, -0.1) is 0 Å². The van der Waals surface area contributed by atoms with Crippen molar-refractivity contribution in [1.82, 2.24) is 0 Å². The van der Waals surface area contributed by atoms with Gasteiger partial charge in [-0.25, -0.2) is 8.42 Å². The fourth-order valence-electron chi connectivity index (χ4n) is 1.58. The molecular formula is C13H19NO4S. The molecule has 0 amide bonds. The minimum atomic E-state index is -3.18. The van der Waals surface area contributed by atoms with Crippen molar-refractivity contribution in [3.05, 3.63) is 24.3 Å². The predicted octanol–water partition coefficient (Wildman–Crippen LogP) is 1.70. The van der Waals surface area contributed by atoms with Crippen LogP contribution in [-0.2, 0) is 19.4 Å². The third kappa shape index (κ3) is 4.24. The maximum atomic E-state index is 11.4. The Morgan fingerprint density at radius 1 is 1.21 bits per heavy atom. The van der Waals surface area contributed by atoms with E-state index in [0.717, 1.165) is 11.9 Å². The van der Waals surface area contributed by atoms with Gasteiger partial charge in [0, 0.05) is 18.0 Å². The molecule has 0 aliphatic rings. The lowest BCUT2D eigenvalue weighted by Crippen LogP contribution is -2.30. The second kappa shape index (κ2) is 6.06. The molecule has 1 rings (SSSR count). The Hall–Kier alpha value is -1.56. The van der Waals surface area contributed by atoms with E-state index in [4.69, 9.17) is 0 Å². The third-order valence-electron chi connectivity index (χ3n) is 3.00. The minimum absolute atomic E-state index is 0.114. The summed E-state index contributed by atoms with van der Waals surface area (Å²) in [6.07, 6.45) is 1.16. The van der Waals surface area contributed by atoms with Gasteiger partial charge in [-0.05, 0) is 38.1 Å². The van der Waals surface area contributed by atoms with Gasteiger partial charge in [0.25, 0.3) is 0 Å². The molecule has 0 bridgehead atoms. The summed E-state index contributed by atoms with van der Waals surface area (Å²) in [7, 11) is -1.83. The van der Waals surface area contributed by atoms with Gasteiger partial charge in [0.1, 0.15) is 0 Å². The normalized spacial score (nSPS) is 14.5. The van der Waals surface area contributed by atoms with Crippen LogP contribution in [0.25, 0.3) is 0 Å². The molecule has 0 saturated heterocycles. The van der Waals surface area contributed by atoms with Gasteiger partial charge in [0.15, 0.2) is 9.84 Å². The number of hydrogen-bond acceptors (Lipinski definition) is 5. The first-order valence-electron chi connectivity index (χ1n) is 5.90. The molecule has 1 aromatic rings. The average molecular weight is 285 g/mol. The molecule has 0 saturated carbocycles. The van der Waals surface area contributed by atoms with E-state index in [1.54, 1.807) is 19.1 Å². The van der Waals surface area contributed by atoms with E-state index in [9.17, 15) is 13.2 Å². The molecule has 106 valence electrons. The van der Waals surface area contributed by atoms with Crippen molar-refractivity contribution >= 4 is 21.5 Å². The topological polar surface area (TPSA) is 72.5 Å². The van der Waals surface area contributed by atoms with Gasteiger partial charge in [0.05, 0.1) is 17.9 Å². The van der Waals surface area contributed by atoms with Crippen molar-refractivity contribution in [3.8, 4) is 0 Å². The van der Waals surface area contributed by atoms with Gasteiger partial charge in [-0.1, -0.05) is 0 Å². The van der Waals surface area contributed by atoms with Crippen LogP contribution in [0.4, 0.5) is 5.69 Å². The zero-order valence-corrected chi connectivity index (χ0v) is 12.3. The lowest BCUT2D eigenvalue weighted by molar-refractivity contribution is -0.145. The molecule has 1 N–H and O–H groups in total. The van der Waals surface area contributed by atoms with Crippen molar-refractivity contribution in [1.29, 1.82) is 0 Å². The average Bonchev–Trinajstić information content (AvgIpc) is 2.36. The molecule has 0 aliphatic carbocycles. The number of anilines is 1. The van der Waals surface area contributed by atoms with Crippen LogP contribution in [0.3, 0.4) is 0 Å². The first-order chi connectivity index (χ1) is 8.75. The van der Waals surface area contributed by atoms with Gasteiger partial charge in [-0.3, -0.25) is 4.79 Å². The van der Waals surface area contributed by atoms with Crippen molar-refractivity contribution in [2.24, 2.45) is 5.92 Å². The largest absolute Gasteiger partial charge is 0.469 e. The second-order valence-corrected chi connectivity index (χ2v) is 6.56. The first kappa shape index (κ1) is 15.5. The number of sulfone groups is 1. The van der Waals surface area contributed by atoms with Crippen LogP contribution in [-0.4, -0.2) is 33.8 Å². The van der Waals surface area contributed by atoms with Crippen LogP contribution in [0.5, 0.6) is 0 Å². The van der Waals surface area contributed by atoms with E-state index in [1.807, 2.05) is 6.92 Å². The predicted molar refractivity (Wildman–Crippen MR) is 73.8 cm³/mol. The van der Waals surface area contributed by atoms with Crippen LogP contribution < -0.4 is 5.32 Å². The number of carbonyl (C=O) groups excluding carboxylic acids is 1. The summed E-state index contributed by atoms with van der Waals surface area (Å²) < 4.78 is 27.3. The fourth-order valence-corrected chi connectivity index (χ4v) is 2.21. The summed E-state index contributed by atoms with van der Waals surface area (Å²) in [5, 5.41) is 3.14. The molecule has 2 unspecified atom stereocenters. The van der Waals surface area contributed by atoms with Gasteiger partial charge >= 0.3 is 5.97 Å². The summed E-state index contributed by atoms with van der Waals surface area (Å²) >= 11 is 0. The molecule has 0 radical (unpaired) electrons. The van der Waals surface area contributed by atoms with E-state index in [2.05, 4.69) is 10.1 Å². The van der Waals surface area contributed by atoms with Crippen LogP contribution >= 0.6 is 0 Å². The van der Waals surface area contributed by atoms with Gasteiger partial charge < -0.3 is 10.1 Å². The number of hydrogen-bond donors (Lipinski definition) is 1. The number of benzene rings is 1. The summed E-state index contributed by atoms with van der Waals surface area (Å²) in [5.41, 5.74) is 0.760. The smallest absolute Gasteiger partial charge is 0.310 e. The summed E-state index contributed by atoms with van der Waals surface area (Å²) in [6, 6.07) is 6.31. The van der Waals surface area contributed by atoms with Crippen molar-refractivity contribution in [2.45, 2.75) is 24.8 Å². The molecule has 19 heavy (non-hydrogen) atoms. The Labute approximate surface area is 113 Å². The summed E-state index contributed by atoms with van der Waals surface area (Å²) in [4.78, 5) is 11.7. The quantitative estimate of drug-likeness (QED) is 0.834. The Morgan fingerprint density at radius 2 is 1.74 bits per heavy atom. The fraction of sp³-hybridized carbons (Fsp3) is 0.462. The van der Waals surface area contributed by atoms with Gasteiger partial charge in [-0.2, -0.15) is 0 Å². The molecule has 0 aromatic heterocycles. The van der Waals surface area contributed by atoms with E-state index < -0.39 is 9.84 Å². The van der Waals surface area contributed by atoms with Crippen LogP contribution in [0.15, 0.2) is 29.2 Å². The Morgan fingerprint density at radius 3 is 2.16 bits per heavy atom. The Kier molecular flexibility index (Phi) is 4.94. The number of methoxy groups -OCH3 is 1. The molecular weight excluding hydrogens is 266 g/mol. The van der Waals surface area contributed by atoms with E-state index in [0.29, 0.717) is 0 Å². The van der Waals surface area contributed by atoms with Crippen LogP contribution in [0.2, 0.25) is 0 Å². The number of ether oxygens (including phenoxy) is 1. The highest BCUT2D eigenvalue weighted by Crippen LogP contribution is 2.17. The van der Waals surface area contributed by atoms with E-state index >= 15 is 0 Å². The molecule has 0 aliphatic heterocycles. The molecule has 5 nitrogen and oxygen atoms in total. The van der Waals surface area contributed by atoms with Crippen molar-refractivity contribution in [3.63, 3.8) is 0 Å². The summed E-state index contributed by atoms with van der Waals surface area (Å²) in [6.45, 7) is 3.64. The molecule has 2 atom stereocenters. The van der Waals surface area contributed by atoms with E-state index in [1.165, 1.54) is 19.2 Å². The molecule has 0 fully saturated rings. The van der Waals surface area contributed by atoms with Crippen molar-refractivity contribution < 1.29 is 17.9 Å². The van der Waals surface area contributed by atoms with E-state index in [-0.39, 0.29) is 22.8 Å². The zero-order chi connectivity index (χ0) is 14.6. The minimum Gasteiger partial charge on any atom is -0.469 e. The highest BCUT2D eigenvalue weighted by atomic mass is 32.2.